The number of benzene rings is 1. The van der Waals surface area contributed by atoms with Crippen molar-refractivity contribution in [3.05, 3.63) is 47.8 Å². The highest BCUT2D eigenvalue weighted by atomic mass is 32.2. The molecule has 1 aliphatic carbocycles. The number of pyridine rings is 1. The van der Waals surface area contributed by atoms with Crippen LogP contribution in [0.3, 0.4) is 0 Å². The predicted molar refractivity (Wildman–Crippen MR) is 121 cm³/mol. The first-order valence-electron chi connectivity index (χ1n) is 10.1. The van der Waals surface area contributed by atoms with E-state index < -0.39 is 16.1 Å². The van der Waals surface area contributed by atoms with Crippen molar-refractivity contribution >= 4 is 21.8 Å². The van der Waals surface area contributed by atoms with Gasteiger partial charge in [-0.1, -0.05) is 12.1 Å². The Morgan fingerprint density at radius 1 is 1.30 bits per heavy atom. The average molecular weight is 473 g/mol. The number of aromatic nitrogens is 3. The number of hydrogen-bond donors (Lipinski definition) is 3. The molecule has 1 amide bonds. The van der Waals surface area contributed by atoms with Crippen molar-refractivity contribution in [1.29, 1.82) is 5.26 Å². The molecule has 0 aliphatic heterocycles. The summed E-state index contributed by atoms with van der Waals surface area (Å²) >= 11 is 0. The number of ether oxygens (including phenoxy) is 1. The van der Waals surface area contributed by atoms with E-state index in [0.29, 0.717) is 17.2 Å². The number of rotatable bonds is 7. The first kappa shape index (κ1) is 24.0. The molecule has 0 atom stereocenters. The van der Waals surface area contributed by atoms with Crippen LogP contribution in [-0.2, 0) is 10.0 Å². The molecule has 174 valence electrons. The van der Waals surface area contributed by atoms with Gasteiger partial charge in [-0.05, 0) is 37.1 Å². The molecule has 1 aromatic carbocycles. The Hall–Kier alpha value is -3.69. The van der Waals surface area contributed by atoms with Crippen LogP contribution < -0.4 is 14.8 Å². The zero-order valence-corrected chi connectivity index (χ0v) is 19.0. The van der Waals surface area contributed by atoms with E-state index in [2.05, 4.69) is 20.9 Å². The molecule has 2 heterocycles. The highest BCUT2D eigenvalue weighted by Gasteiger charge is 2.29. The molecular formula is C21H24N6O5S. The van der Waals surface area contributed by atoms with Crippen LogP contribution in [0, 0.1) is 11.3 Å². The lowest BCUT2D eigenvalue weighted by Crippen LogP contribution is -2.33. The Balaban J connectivity index is 0.000000239. The summed E-state index contributed by atoms with van der Waals surface area (Å²) in [4.78, 5) is 14.5. The zero-order chi connectivity index (χ0) is 24.0. The lowest BCUT2D eigenvalue weighted by molar-refractivity contribution is 0.194. The van der Waals surface area contributed by atoms with E-state index >= 15 is 0 Å². The Bertz CT molecular complexity index is 1290. The lowest BCUT2D eigenvalue weighted by atomic mass is 10.1. The molecule has 3 N–H and O–H groups in total. The molecule has 1 saturated carbocycles. The number of sulfonamides is 1. The van der Waals surface area contributed by atoms with E-state index in [9.17, 15) is 13.2 Å². The maximum atomic E-state index is 10.4. The normalized spacial score (nSPS) is 13.0. The summed E-state index contributed by atoms with van der Waals surface area (Å²) in [5.74, 6) is 2.06. The molecule has 1 aliphatic rings. The molecule has 3 aromatic rings. The number of hydrogen-bond acceptors (Lipinski definition) is 7. The minimum atomic E-state index is -3.20. The van der Waals surface area contributed by atoms with Crippen LogP contribution in [0.5, 0.6) is 5.75 Å². The summed E-state index contributed by atoms with van der Waals surface area (Å²) in [7, 11) is -1.57. The third kappa shape index (κ3) is 6.64. The van der Waals surface area contributed by atoms with Crippen molar-refractivity contribution in [2.45, 2.75) is 18.8 Å². The van der Waals surface area contributed by atoms with Gasteiger partial charge in [-0.15, -0.1) is 0 Å². The van der Waals surface area contributed by atoms with Gasteiger partial charge in [0.15, 0.2) is 17.2 Å². The maximum Gasteiger partial charge on any atom is 0.404 e. The SMILES string of the molecule is COc1ccc(-c2cccc(C#N)c2)n2nc(C3CC3)nc12.CS(=O)(=O)NCCNC(=O)O. The fourth-order valence-electron chi connectivity index (χ4n) is 3.00. The van der Waals surface area contributed by atoms with Gasteiger partial charge in [0.05, 0.1) is 30.7 Å². The predicted octanol–water partition coefficient (Wildman–Crippen LogP) is 1.96. The second-order valence-electron chi connectivity index (χ2n) is 7.36. The van der Waals surface area contributed by atoms with Crippen LogP contribution in [0.25, 0.3) is 16.9 Å². The number of amides is 1. The molecule has 33 heavy (non-hydrogen) atoms. The van der Waals surface area contributed by atoms with Crippen molar-refractivity contribution in [1.82, 2.24) is 24.6 Å². The van der Waals surface area contributed by atoms with Gasteiger partial charge in [0.25, 0.3) is 0 Å². The molecule has 11 nitrogen and oxygen atoms in total. The quantitative estimate of drug-likeness (QED) is 0.440. The average Bonchev–Trinajstić information content (AvgIpc) is 3.54. The lowest BCUT2D eigenvalue weighted by Gasteiger charge is -2.07. The van der Waals surface area contributed by atoms with Gasteiger partial charge in [-0.3, -0.25) is 0 Å². The van der Waals surface area contributed by atoms with Gasteiger partial charge >= 0.3 is 6.09 Å². The summed E-state index contributed by atoms with van der Waals surface area (Å²) in [5, 5.41) is 23.8. The molecule has 0 unspecified atom stereocenters. The van der Waals surface area contributed by atoms with Crippen LogP contribution in [0.2, 0.25) is 0 Å². The molecule has 1 fully saturated rings. The molecule has 0 saturated heterocycles. The van der Waals surface area contributed by atoms with E-state index in [1.54, 1.807) is 13.2 Å². The van der Waals surface area contributed by atoms with Gasteiger partial charge in [-0.25, -0.2) is 27.4 Å². The van der Waals surface area contributed by atoms with Gasteiger partial charge < -0.3 is 15.2 Å². The first-order valence-corrected chi connectivity index (χ1v) is 12.0. The highest BCUT2D eigenvalue weighted by Crippen LogP contribution is 2.39. The fraction of sp³-hybridized carbons (Fsp3) is 0.333. The van der Waals surface area contributed by atoms with Crippen LogP contribution in [0.1, 0.15) is 30.1 Å². The van der Waals surface area contributed by atoms with Crippen molar-refractivity contribution in [2.75, 3.05) is 26.5 Å². The minimum absolute atomic E-state index is 0.0718. The van der Waals surface area contributed by atoms with Gasteiger partial charge in [0.1, 0.15) is 0 Å². The van der Waals surface area contributed by atoms with Crippen LogP contribution in [-0.4, -0.2) is 60.7 Å². The minimum Gasteiger partial charge on any atom is -0.493 e. The summed E-state index contributed by atoms with van der Waals surface area (Å²) < 4.78 is 30.1. The summed E-state index contributed by atoms with van der Waals surface area (Å²) in [6.07, 6.45) is 2.14. The van der Waals surface area contributed by atoms with Crippen LogP contribution in [0.4, 0.5) is 4.79 Å². The Morgan fingerprint density at radius 2 is 2.06 bits per heavy atom. The molecule has 0 spiro atoms. The van der Waals surface area contributed by atoms with Crippen LogP contribution >= 0.6 is 0 Å². The third-order valence-electron chi connectivity index (χ3n) is 4.68. The Labute approximate surface area is 191 Å². The van der Waals surface area contributed by atoms with Crippen molar-refractivity contribution in [3.8, 4) is 23.1 Å². The number of methoxy groups -OCH3 is 1. The Morgan fingerprint density at radius 3 is 2.67 bits per heavy atom. The number of nitrogens with zero attached hydrogens (tertiary/aromatic N) is 4. The van der Waals surface area contributed by atoms with Gasteiger partial charge in [0.2, 0.25) is 10.0 Å². The third-order valence-corrected chi connectivity index (χ3v) is 5.41. The number of fused-ring (bicyclic) bond motifs is 1. The first-order chi connectivity index (χ1) is 15.7. The van der Waals surface area contributed by atoms with Crippen molar-refractivity contribution in [3.63, 3.8) is 0 Å². The fourth-order valence-corrected chi connectivity index (χ4v) is 3.47. The van der Waals surface area contributed by atoms with E-state index in [-0.39, 0.29) is 13.1 Å². The maximum absolute atomic E-state index is 10.4. The number of carboxylic acid groups (broad SMARTS) is 1. The topological polar surface area (TPSA) is 159 Å². The standard InChI is InChI=1S/C17H14N4O.C4H10N2O4S/c1-22-15-8-7-14(13-4-2-3-11(9-13)10-18)21-17(15)19-16(20-21)12-5-6-12;1-11(9,10)6-3-2-5-4(7)8/h2-4,7-9,12H,5-6H2,1H3;5-6H,2-3H2,1H3,(H,7,8). The van der Waals surface area contributed by atoms with E-state index in [0.717, 1.165) is 41.8 Å². The molecule has 12 heteroatoms. The largest absolute Gasteiger partial charge is 0.493 e. The van der Waals surface area contributed by atoms with Gasteiger partial charge in [-0.2, -0.15) is 10.4 Å². The highest BCUT2D eigenvalue weighted by molar-refractivity contribution is 7.88. The van der Waals surface area contributed by atoms with E-state index in [1.807, 2.05) is 40.2 Å². The molecule has 0 bridgehead atoms. The number of nitrogens with one attached hydrogen (secondary N) is 2. The van der Waals surface area contributed by atoms with E-state index in [1.165, 1.54) is 0 Å². The number of carbonyl (C=O) groups is 1. The monoisotopic (exact) mass is 472 g/mol. The summed E-state index contributed by atoms with van der Waals surface area (Å²) in [6.45, 7) is 0.146. The second-order valence-corrected chi connectivity index (χ2v) is 9.19. The summed E-state index contributed by atoms with van der Waals surface area (Å²) in [5.41, 5.74) is 3.21. The molecule has 2 aromatic heterocycles. The zero-order valence-electron chi connectivity index (χ0n) is 18.1. The molecular weight excluding hydrogens is 448 g/mol. The second kappa shape index (κ2) is 10.3. The smallest absolute Gasteiger partial charge is 0.404 e. The van der Waals surface area contributed by atoms with Crippen molar-refractivity contribution in [2.24, 2.45) is 0 Å². The Kier molecular flexibility index (Phi) is 7.47. The van der Waals surface area contributed by atoms with E-state index in [4.69, 9.17) is 15.1 Å². The van der Waals surface area contributed by atoms with Crippen molar-refractivity contribution < 1.29 is 23.1 Å². The summed E-state index contributed by atoms with van der Waals surface area (Å²) in [6, 6.07) is 13.5. The number of nitriles is 1. The molecule has 0 radical (unpaired) electrons. The van der Waals surface area contributed by atoms with Crippen LogP contribution in [0.15, 0.2) is 36.4 Å². The molecule has 4 rings (SSSR count). The van der Waals surface area contributed by atoms with Gasteiger partial charge in [0, 0.05) is 24.6 Å².